The average molecular weight is 154 g/mol. The molecule has 2 heterocycles. The fourth-order valence-electron chi connectivity index (χ4n) is 2.43. The molecule has 0 aromatic rings. The maximum absolute atomic E-state index is 5.50. The van der Waals surface area contributed by atoms with Gasteiger partial charge >= 0.3 is 0 Å². The van der Waals surface area contributed by atoms with Gasteiger partial charge in [-0.3, -0.25) is 0 Å². The summed E-state index contributed by atoms with van der Waals surface area (Å²) in [4.78, 5) is 0. The molecule has 0 aromatic carbocycles. The molecule has 2 heteroatoms. The van der Waals surface area contributed by atoms with Crippen molar-refractivity contribution < 1.29 is 4.74 Å². The summed E-state index contributed by atoms with van der Waals surface area (Å²) < 4.78 is 5.50. The molecule has 1 nitrogen and oxygen atoms in total. The molecule has 0 aromatic heterocycles. The third-order valence-electron chi connectivity index (χ3n) is 3.33. The van der Waals surface area contributed by atoms with Gasteiger partial charge in [-0.25, -0.2) is 0 Å². The van der Waals surface area contributed by atoms with Crippen LogP contribution in [0, 0.1) is 5.92 Å². The van der Waals surface area contributed by atoms with E-state index in [0.29, 0.717) is 9.52 Å². The molecule has 0 spiro atoms. The van der Waals surface area contributed by atoms with E-state index in [9.17, 15) is 0 Å². The van der Waals surface area contributed by atoms with Gasteiger partial charge in [-0.2, -0.15) is 0 Å². The topological polar surface area (TPSA) is 12.5 Å². The van der Waals surface area contributed by atoms with E-state index in [1.807, 2.05) is 0 Å². The van der Waals surface area contributed by atoms with Crippen LogP contribution in [0.1, 0.15) is 19.3 Å². The highest BCUT2D eigenvalue weighted by atomic mass is 28.2. The van der Waals surface area contributed by atoms with E-state index in [1.165, 1.54) is 24.8 Å². The lowest BCUT2D eigenvalue weighted by Gasteiger charge is -2.17. The first-order chi connectivity index (χ1) is 4.93. The van der Waals surface area contributed by atoms with Crippen molar-refractivity contribution in [2.45, 2.75) is 43.1 Å². The molecule has 3 rings (SSSR count). The first kappa shape index (κ1) is 5.78. The lowest BCUT2D eigenvalue weighted by atomic mass is 9.87. The Labute approximate surface area is 64.0 Å². The first-order valence-electron chi connectivity index (χ1n) is 4.59. The zero-order valence-electron chi connectivity index (χ0n) is 6.25. The highest BCUT2D eigenvalue weighted by Gasteiger charge is 2.47. The average Bonchev–Trinajstić information content (AvgIpc) is 2.83. The minimum absolute atomic E-state index is 0.476. The highest BCUT2D eigenvalue weighted by Crippen LogP contribution is 2.49. The van der Waals surface area contributed by atoms with Crippen LogP contribution in [-0.2, 0) is 4.74 Å². The molecular weight excluding hydrogens is 140 g/mol. The summed E-state index contributed by atoms with van der Waals surface area (Å²) in [6.07, 6.45) is 5.77. The van der Waals surface area contributed by atoms with Crippen molar-refractivity contribution in [1.29, 1.82) is 0 Å². The number of rotatable bonds is 1. The van der Waals surface area contributed by atoms with Crippen LogP contribution in [0.2, 0.25) is 11.6 Å². The molecule has 2 aliphatic heterocycles. The normalized spacial score (nSPS) is 60.0. The van der Waals surface area contributed by atoms with Crippen molar-refractivity contribution in [3.63, 3.8) is 0 Å². The summed E-state index contributed by atoms with van der Waals surface area (Å²) in [6.45, 7) is 0. The Morgan fingerprint density at radius 2 is 2.10 bits per heavy atom. The van der Waals surface area contributed by atoms with E-state index < -0.39 is 0 Å². The molecule has 1 aliphatic carbocycles. The molecular formula is C8H14OSi. The van der Waals surface area contributed by atoms with E-state index in [4.69, 9.17) is 4.74 Å². The van der Waals surface area contributed by atoms with Gasteiger partial charge in [0.2, 0.25) is 0 Å². The molecule has 0 N–H and O–H groups in total. The second kappa shape index (κ2) is 1.86. The fraction of sp³-hybridized carbons (Fsp3) is 1.00. The fourth-order valence-corrected chi connectivity index (χ4v) is 3.99. The van der Waals surface area contributed by atoms with E-state index in [-0.39, 0.29) is 0 Å². The van der Waals surface area contributed by atoms with Crippen molar-refractivity contribution >= 4 is 9.52 Å². The third kappa shape index (κ3) is 0.856. The van der Waals surface area contributed by atoms with Gasteiger partial charge in [0.05, 0.1) is 12.2 Å². The molecule has 56 valence electrons. The van der Waals surface area contributed by atoms with Crippen molar-refractivity contribution in [2.24, 2.45) is 5.92 Å². The predicted octanol–water partition coefficient (Wildman–Crippen LogP) is 0.943. The van der Waals surface area contributed by atoms with Gasteiger partial charge < -0.3 is 4.74 Å². The largest absolute Gasteiger partial charge is 0.370 e. The number of hydrogen-bond acceptors (Lipinski definition) is 1. The van der Waals surface area contributed by atoms with E-state index in [1.54, 1.807) is 6.04 Å². The third-order valence-corrected chi connectivity index (χ3v) is 5.24. The Balaban J connectivity index is 1.65. The van der Waals surface area contributed by atoms with Crippen molar-refractivity contribution in [3.8, 4) is 0 Å². The molecule has 10 heavy (non-hydrogen) atoms. The highest BCUT2D eigenvalue weighted by molar-refractivity contribution is 6.50. The Bertz CT molecular complexity index is 155. The van der Waals surface area contributed by atoms with Crippen molar-refractivity contribution in [1.82, 2.24) is 0 Å². The number of fused-ring (bicyclic) bond motifs is 1. The minimum atomic E-state index is 0.476. The summed E-state index contributed by atoms with van der Waals surface area (Å²) in [7, 11) is 0.476. The summed E-state index contributed by atoms with van der Waals surface area (Å²) in [6, 6.07) is 1.65. The minimum Gasteiger partial charge on any atom is -0.370 e. The first-order valence-corrected chi connectivity index (χ1v) is 6.40. The number of epoxide rings is 1. The summed E-state index contributed by atoms with van der Waals surface area (Å²) >= 11 is 0. The van der Waals surface area contributed by atoms with E-state index in [2.05, 4.69) is 0 Å². The van der Waals surface area contributed by atoms with Gasteiger partial charge in [0, 0.05) is 9.52 Å². The van der Waals surface area contributed by atoms with Crippen LogP contribution in [0.3, 0.4) is 0 Å². The second-order valence-corrected chi connectivity index (χ2v) is 6.33. The van der Waals surface area contributed by atoms with Crippen molar-refractivity contribution in [2.75, 3.05) is 0 Å². The maximum Gasteiger partial charge on any atom is 0.0844 e. The van der Waals surface area contributed by atoms with Gasteiger partial charge in [-0.15, -0.1) is 0 Å². The zero-order valence-corrected chi connectivity index (χ0v) is 7.67. The Morgan fingerprint density at radius 3 is 2.80 bits per heavy atom. The molecule has 2 saturated heterocycles. The Morgan fingerprint density at radius 1 is 1.20 bits per heavy atom. The van der Waals surface area contributed by atoms with Crippen molar-refractivity contribution in [3.05, 3.63) is 0 Å². The second-order valence-electron chi connectivity index (χ2n) is 4.12. The monoisotopic (exact) mass is 154 g/mol. The standard InChI is InChI=1S/C8H14OSi/c1-2-6-7(9-6)3-5(1)8-4-10-8/h5-8H,1-4,10H2. The van der Waals surface area contributed by atoms with Crippen LogP contribution in [0.4, 0.5) is 0 Å². The molecule has 0 bridgehead atoms. The Hall–Kier alpha value is 0.177. The van der Waals surface area contributed by atoms with E-state index in [0.717, 1.165) is 18.1 Å². The number of ether oxygens (including phenoxy) is 1. The van der Waals surface area contributed by atoms with Gasteiger partial charge in [0.25, 0.3) is 0 Å². The lowest BCUT2D eigenvalue weighted by Crippen LogP contribution is -2.13. The van der Waals surface area contributed by atoms with Gasteiger partial charge in [-0.1, -0.05) is 11.6 Å². The molecule has 0 radical (unpaired) electrons. The zero-order chi connectivity index (χ0) is 6.55. The van der Waals surface area contributed by atoms with Crippen LogP contribution in [-0.4, -0.2) is 21.7 Å². The molecule has 3 fully saturated rings. The summed E-state index contributed by atoms with van der Waals surface area (Å²) in [5.41, 5.74) is 1.25. The van der Waals surface area contributed by atoms with E-state index >= 15 is 0 Å². The maximum atomic E-state index is 5.50. The van der Waals surface area contributed by atoms with Crippen LogP contribution in [0.15, 0.2) is 0 Å². The molecule has 3 aliphatic rings. The summed E-state index contributed by atoms with van der Waals surface area (Å²) in [5.74, 6) is 1.12. The molecule has 4 atom stereocenters. The van der Waals surface area contributed by atoms with Crippen LogP contribution >= 0.6 is 0 Å². The Kier molecular flexibility index (Phi) is 1.07. The summed E-state index contributed by atoms with van der Waals surface area (Å²) in [5, 5.41) is 0. The van der Waals surface area contributed by atoms with Gasteiger partial charge in [0.15, 0.2) is 0 Å². The van der Waals surface area contributed by atoms with Crippen LogP contribution in [0.5, 0.6) is 0 Å². The number of hydrogen-bond donors (Lipinski definition) is 0. The molecule has 4 unspecified atom stereocenters. The molecule has 1 saturated carbocycles. The van der Waals surface area contributed by atoms with Crippen LogP contribution < -0.4 is 0 Å². The van der Waals surface area contributed by atoms with Crippen LogP contribution in [0.25, 0.3) is 0 Å². The predicted molar refractivity (Wildman–Crippen MR) is 43.1 cm³/mol. The smallest absolute Gasteiger partial charge is 0.0844 e. The quantitative estimate of drug-likeness (QED) is 0.404. The van der Waals surface area contributed by atoms with Gasteiger partial charge in [-0.05, 0) is 25.2 Å². The molecule has 0 amide bonds. The van der Waals surface area contributed by atoms with Gasteiger partial charge in [0.1, 0.15) is 0 Å². The SMILES string of the molecule is C1CC2OC2CC1C1C[SiH2]1. The lowest BCUT2D eigenvalue weighted by molar-refractivity contribution is 0.363.